The number of aromatic nitrogens is 4. The van der Waals surface area contributed by atoms with Crippen LogP contribution in [0.4, 0.5) is 0 Å². The Labute approximate surface area is 410 Å². The van der Waals surface area contributed by atoms with Crippen LogP contribution < -0.4 is 0 Å². The number of fused-ring (bicyclic) bond motifs is 9. The summed E-state index contributed by atoms with van der Waals surface area (Å²) in [6.07, 6.45) is 0. The van der Waals surface area contributed by atoms with E-state index in [4.69, 9.17) is 9.97 Å². The van der Waals surface area contributed by atoms with E-state index in [1.54, 1.807) is 0 Å². The topological polar surface area (TPSA) is 35.6 Å². The first-order valence-electron chi connectivity index (χ1n) is 23.6. The number of benzene rings is 10. The highest BCUT2D eigenvalue weighted by atomic mass is 32.3. The van der Waals surface area contributed by atoms with Gasteiger partial charge >= 0.3 is 0 Å². The van der Waals surface area contributed by atoms with E-state index < -0.39 is 10.0 Å². The van der Waals surface area contributed by atoms with Crippen LogP contribution in [0.15, 0.2) is 274 Å². The standard InChI is InChI=1S/C64H42N4S2/c1-4-18-46(19-5-1)70(47-20-6-2-7-21-47,48-22-8-3-9-23-48)49-36-32-43(33-37-49)64-65-56(44-34-38-54-53-27-13-17-31-61(53)69-62(54)40-44)42-63(66-64)68-59-30-16-12-26-52(59)55-41-45(35-39-60(55)68)67-57-28-14-10-24-50(57)51-25-11-15-29-58(51)67/h1-42H. The van der Waals surface area contributed by atoms with Crippen LogP contribution in [-0.2, 0) is 0 Å². The second-order valence-electron chi connectivity index (χ2n) is 17.7. The van der Waals surface area contributed by atoms with Gasteiger partial charge < -0.3 is 4.57 Å². The van der Waals surface area contributed by atoms with Gasteiger partial charge in [-0.3, -0.25) is 4.57 Å². The largest absolute Gasteiger partial charge is 0.309 e. The zero-order valence-corrected chi connectivity index (χ0v) is 39.5. The Balaban J connectivity index is 0.981. The maximum atomic E-state index is 5.55. The molecular formula is C64H42N4S2. The molecule has 0 bridgehead atoms. The van der Waals surface area contributed by atoms with Crippen molar-refractivity contribution in [3.63, 3.8) is 0 Å². The lowest BCUT2D eigenvalue weighted by atomic mass is 10.1. The maximum absolute atomic E-state index is 5.55. The minimum atomic E-state index is -1.88. The molecule has 0 aliphatic rings. The summed E-state index contributed by atoms with van der Waals surface area (Å²) < 4.78 is 7.25. The van der Waals surface area contributed by atoms with Crippen molar-refractivity contribution in [2.45, 2.75) is 19.6 Å². The molecule has 70 heavy (non-hydrogen) atoms. The fourth-order valence-corrected chi connectivity index (χ4v) is 15.8. The quantitative estimate of drug-likeness (QED) is 0.152. The molecular weight excluding hydrogens is 889 g/mol. The van der Waals surface area contributed by atoms with Crippen LogP contribution in [0.1, 0.15) is 0 Å². The summed E-state index contributed by atoms with van der Waals surface area (Å²) in [4.78, 5) is 16.1. The molecule has 14 rings (SSSR count). The third kappa shape index (κ3) is 6.31. The fourth-order valence-electron chi connectivity index (χ4n) is 10.8. The molecule has 330 valence electrons. The van der Waals surface area contributed by atoms with E-state index in [9.17, 15) is 0 Å². The van der Waals surface area contributed by atoms with Crippen LogP contribution in [0.5, 0.6) is 0 Å². The normalized spacial score (nSPS) is 12.2. The Morgan fingerprint density at radius 2 is 0.786 bits per heavy atom. The van der Waals surface area contributed by atoms with Gasteiger partial charge in [0.2, 0.25) is 0 Å². The molecule has 0 N–H and O–H groups in total. The van der Waals surface area contributed by atoms with Gasteiger partial charge in [0.1, 0.15) is 5.82 Å². The summed E-state index contributed by atoms with van der Waals surface area (Å²) >= 11 is 1.83. The Hall–Kier alpha value is -8.55. The van der Waals surface area contributed by atoms with E-state index in [2.05, 4.69) is 264 Å². The van der Waals surface area contributed by atoms with Gasteiger partial charge in [-0.25, -0.2) is 9.97 Å². The lowest BCUT2D eigenvalue weighted by Crippen LogP contribution is -2.05. The van der Waals surface area contributed by atoms with E-state index in [0.29, 0.717) is 5.82 Å². The van der Waals surface area contributed by atoms with Gasteiger partial charge in [0.15, 0.2) is 5.82 Å². The predicted octanol–water partition coefficient (Wildman–Crippen LogP) is 17.7. The van der Waals surface area contributed by atoms with Crippen molar-refractivity contribution in [1.82, 2.24) is 19.1 Å². The summed E-state index contributed by atoms with van der Waals surface area (Å²) in [7, 11) is -1.88. The maximum Gasteiger partial charge on any atom is 0.162 e. The SMILES string of the molecule is c1ccc(S(c2ccccc2)(c2ccccc2)c2ccc(-c3nc(-c4ccc5c(c4)sc4ccccc45)cc(-n4c5ccccc5c5cc(-n6c7ccccc7c7ccccc76)ccc54)n3)cc2)cc1. The van der Waals surface area contributed by atoms with Crippen LogP contribution in [0.25, 0.3) is 97.9 Å². The number of para-hydroxylation sites is 3. The molecule has 14 aromatic rings. The fraction of sp³-hybridized carbons (Fsp3) is 0. The minimum Gasteiger partial charge on any atom is -0.309 e. The Bertz CT molecular complexity index is 4140. The van der Waals surface area contributed by atoms with Crippen LogP contribution in [0.3, 0.4) is 0 Å². The first-order chi connectivity index (χ1) is 34.7. The van der Waals surface area contributed by atoms with Gasteiger partial charge in [-0.05, 0) is 97.1 Å². The third-order valence-corrected chi connectivity index (χ3v) is 18.9. The van der Waals surface area contributed by atoms with Crippen LogP contribution >= 0.6 is 21.4 Å². The molecule has 0 saturated carbocycles. The summed E-state index contributed by atoms with van der Waals surface area (Å²) in [6.45, 7) is 0. The highest BCUT2D eigenvalue weighted by molar-refractivity contribution is 8.34. The first kappa shape index (κ1) is 40.5. The molecule has 4 heterocycles. The summed E-state index contributed by atoms with van der Waals surface area (Å²) in [6, 6.07) is 92.7. The highest BCUT2D eigenvalue weighted by Gasteiger charge is 2.33. The van der Waals surface area contributed by atoms with Crippen molar-refractivity contribution < 1.29 is 0 Å². The first-order valence-corrected chi connectivity index (χ1v) is 26.1. The van der Waals surface area contributed by atoms with Crippen molar-refractivity contribution in [3.05, 3.63) is 255 Å². The molecule has 0 atom stereocenters. The van der Waals surface area contributed by atoms with Crippen molar-refractivity contribution in [2.75, 3.05) is 0 Å². The Morgan fingerprint density at radius 1 is 0.314 bits per heavy atom. The third-order valence-electron chi connectivity index (χ3n) is 13.9. The predicted molar refractivity (Wildman–Crippen MR) is 294 cm³/mol. The van der Waals surface area contributed by atoms with Gasteiger partial charge in [-0.2, -0.15) is 0 Å². The number of hydrogen-bond acceptors (Lipinski definition) is 3. The van der Waals surface area contributed by atoms with Gasteiger partial charge in [0, 0.05) is 84.2 Å². The van der Waals surface area contributed by atoms with E-state index in [0.717, 1.165) is 44.7 Å². The molecule has 0 spiro atoms. The zero-order valence-electron chi connectivity index (χ0n) is 37.9. The molecule has 0 unspecified atom stereocenters. The minimum absolute atomic E-state index is 0.669. The number of hydrogen-bond donors (Lipinski definition) is 0. The van der Waals surface area contributed by atoms with E-state index in [1.165, 1.54) is 66.9 Å². The van der Waals surface area contributed by atoms with Crippen molar-refractivity contribution in [3.8, 4) is 34.2 Å². The van der Waals surface area contributed by atoms with Crippen molar-refractivity contribution in [2.24, 2.45) is 0 Å². The van der Waals surface area contributed by atoms with E-state index in [-0.39, 0.29) is 0 Å². The van der Waals surface area contributed by atoms with Gasteiger partial charge in [-0.1, -0.05) is 152 Å². The molecule has 0 aliphatic heterocycles. The summed E-state index contributed by atoms with van der Waals surface area (Å²) in [5, 5.41) is 7.36. The van der Waals surface area contributed by atoms with E-state index >= 15 is 0 Å². The van der Waals surface area contributed by atoms with Gasteiger partial charge in [-0.15, -0.1) is 21.4 Å². The molecule has 4 nitrogen and oxygen atoms in total. The van der Waals surface area contributed by atoms with E-state index in [1.807, 2.05) is 11.3 Å². The zero-order chi connectivity index (χ0) is 46.2. The smallest absolute Gasteiger partial charge is 0.162 e. The second-order valence-corrected chi connectivity index (χ2v) is 21.9. The van der Waals surface area contributed by atoms with Gasteiger partial charge in [0.05, 0.1) is 27.8 Å². The molecule has 10 aromatic carbocycles. The van der Waals surface area contributed by atoms with Crippen molar-refractivity contribution in [1.29, 1.82) is 0 Å². The number of rotatable bonds is 8. The van der Waals surface area contributed by atoms with Crippen LogP contribution in [-0.4, -0.2) is 19.1 Å². The molecule has 0 radical (unpaired) electrons. The monoisotopic (exact) mass is 930 g/mol. The molecule has 0 fully saturated rings. The Kier molecular flexibility index (Phi) is 9.44. The highest BCUT2D eigenvalue weighted by Crippen LogP contribution is 2.73. The second kappa shape index (κ2) is 16.3. The van der Waals surface area contributed by atoms with Crippen LogP contribution in [0.2, 0.25) is 0 Å². The van der Waals surface area contributed by atoms with Crippen molar-refractivity contribution >= 4 is 85.1 Å². The molecule has 6 heteroatoms. The number of thiophene rings is 1. The average Bonchev–Trinajstić information content (AvgIpc) is 4.09. The average molecular weight is 931 g/mol. The molecule has 0 aliphatic carbocycles. The number of nitrogens with zero attached hydrogens (tertiary/aromatic N) is 4. The van der Waals surface area contributed by atoms with Crippen LogP contribution in [0, 0.1) is 0 Å². The lowest BCUT2D eigenvalue weighted by molar-refractivity contribution is 1.05. The van der Waals surface area contributed by atoms with Gasteiger partial charge in [0.25, 0.3) is 0 Å². The molecule has 0 amide bonds. The molecule has 4 aromatic heterocycles. The summed E-state index contributed by atoms with van der Waals surface area (Å²) in [5.74, 6) is 1.48. The summed E-state index contributed by atoms with van der Waals surface area (Å²) in [5.41, 5.74) is 8.54. The molecule has 0 saturated heterocycles. The Morgan fingerprint density at radius 3 is 1.40 bits per heavy atom. The lowest BCUT2D eigenvalue weighted by Gasteiger charge is -2.42.